The molecule has 2 aromatic carbocycles. The summed E-state index contributed by atoms with van der Waals surface area (Å²) in [4.78, 5) is 27.1. The van der Waals surface area contributed by atoms with E-state index in [0.717, 1.165) is 47.0 Å². The van der Waals surface area contributed by atoms with E-state index in [1.165, 1.54) is 5.56 Å². The Morgan fingerprint density at radius 1 is 1.03 bits per heavy atom. The van der Waals surface area contributed by atoms with Gasteiger partial charge in [-0.2, -0.15) is 0 Å². The second-order valence-corrected chi connectivity index (χ2v) is 9.48. The summed E-state index contributed by atoms with van der Waals surface area (Å²) >= 11 is 0. The summed E-state index contributed by atoms with van der Waals surface area (Å²) in [7, 11) is 2.05. The van der Waals surface area contributed by atoms with Crippen LogP contribution in [0.3, 0.4) is 0 Å². The zero-order valence-electron chi connectivity index (χ0n) is 19.7. The molecule has 0 unspecified atom stereocenters. The van der Waals surface area contributed by atoms with Crippen LogP contribution >= 0.6 is 0 Å². The lowest BCUT2D eigenvalue weighted by atomic mass is 9.86. The van der Waals surface area contributed by atoms with Gasteiger partial charge >= 0.3 is 0 Å². The van der Waals surface area contributed by atoms with Crippen molar-refractivity contribution in [3.05, 3.63) is 77.0 Å². The quantitative estimate of drug-likeness (QED) is 0.580. The lowest BCUT2D eigenvalue weighted by Gasteiger charge is -2.32. The molecule has 0 N–H and O–H groups in total. The second-order valence-electron chi connectivity index (χ2n) is 9.48. The van der Waals surface area contributed by atoms with Gasteiger partial charge in [0.15, 0.2) is 5.82 Å². The fourth-order valence-electron chi connectivity index (χ4n) is 4.05. The van der Waals surface area contributed by atoms with E-state index in [4.69, 9.17) is 9.97 Å². The lowest BCUT2D eigenvalue weighted by molar-refractivity contribution is 0.0733. The van der Waals surface area contributed by atoms with Gasteiger partial charge in [-0.1, -0.05) is 63.2 Å². The van der Waals surface area contributed by atoms with Gasteiger partial charge in [0, 0.05) is 43.2 Å². The minimum atomic E-state index is 0.0633. The Balaban J connectivity index is 1.64. The zero-order valence-corrected chi connectivity index (χ0v) is 19.7. The van der Waals surface area contributed by atoms with Crippen molar-refractivity contribution in [2.45, 2.75) is 46.1 Å². The number of nitrogens with zero attached hydrogens (tertiary/aromatic N) is 4. The summed E-state index contributed by atoms with van der Waals surface area (Å²) in [6.45, 7) is 10.7. The van der Waals surface area contributed by atoms with E-state index in [1.807, 2.05) is 54.4 Å². The molecule has 166 valence electrons. The number of fused-ring (bicyclic) bond motifs is 1. The summed E-state index contributed by atoms with van der Waals surface area (Å²) in [5.74, 6) is 1.72. The van der Waals surface area contributed by atoms with Crippen molar-refractivity contribution in [3.63, 3.8) is 0 Å². The van der Waals surface area contributed by atoms with Crippen LogP contribution in [0.25, 0.3) is 11.4 Å². The molecule has 4 rings (SSSR count). The first-order chi connectivity index (χ1) is 15.3. The van der Waals surface area contributed by atoms with Crippen molar-refractivity contribution in [1.82, 2.24) is 14.9 Å². The molecule has 1 amide bonds. The molecule has 0 radical (unpaired) electrons. The third kappa shape index (κ3) is 4.38. The minimum absolute atomic E-state index is 0.0633. The van der Waals surface area contributed by atoms with Crippen LogP contribution in [0.15, 0.2) is 54.6 Å². The van der Waals surface area contributed by atoms with Gasteiger partial charge in [0.25, 0.3) is 5.91 Å². The predicted molar refractivity (Wildman–Crippen MR) is 130 cm³/mol. The molecular formula is C27H32N4O. The van der Waals surface area contributed by atoms with Crippen LogP contribution < -0.4 is 4.90 Å². The standard InChI is InChI=1S/C27H32N4O/c1-6-30(5)25-22-18-31(26(32)20-12-14-21(15-13-20)27(2,3)4)17-16-23(22)28-24(29-25)19-10-8-7-9-11-19/h7-15H,6,16-18H2,1-5H3. The monoisotopic (exact) mass is 428 g/mol. The highest BCUT2D eigenvalue weighted by Gasteiger charge is 2.27. The van der Waals surface area contributed by atoms with Crippen molar-refractivity contribution in [1.29, 1.82) is 0 Å². The molecule has 0 bridgehead atoms. The van der Waals surface area contributed by atoms with E-state index in [-0.39, 0.29) is 11.3 Å². The van der Waals surface area contributed by atoms with Crippen LogP contribution in [-0.2, 0) is 18.4 Å². The Labute approximate surface area is 191 Å². The highest BCUT2D eigenvalue weighted by Crippen LogP contribution is 2.30. The third-order valence-corrected chi connectivity index (χ3v) is 6.19. The number of amides is 1. The summed E-state index contributed by atoms with van der Waals surface area (Å²) in [6.07, 6.45) is 0.730. The van der Waals surface area contributed by atoms with Crippen LogP contribution in [0.2, 0.25) is 0 Å². The number of hydrogen-bond acceptors (Lipinski definition) is 4. The summed E-state index contributed by atoms with van der Waals surface area (Å²) in [5.41, 5.74) is 5.14. The van der Waals surface area contributed by atoms with E-state index in [0.29, 0.717) is 13.1 Å². The van der Waals surface area contributed by atoms with Crippen molar-refractivity contribution < 1.29 is 4.79 Å². The van der Waals surface area contributed by atoms with Gasteiger partial charge in [-0.05, 0) is 30.0 Å². The first-order valence-electron chi connectivity index (χ1n) is 11.3. The highest BCUT2D eigenvalue weighted by molar-refractivity contribution is 5.94. The Bertz CT molecular complexity index is 1100. The highest BCUT2D eigenvalue weighted by atomic mass is 16.2. The van der Waals surface area contributed by atoms with Gasteiger partial charge in [-0.15, -0.1) is 0 Å². The summed E-state index contributed by atoms with van der Waals surface area (Å²) < 4.78 is 0. The third-order valence-electron chi connectivity index (χ3n) is 6.19. The summed E-state index contributed by atoms with van der Waals surface area (Å²) in [5, 5.41) is 0. The van der Waals surface area contributed by atoms with Crippen molar-refractivity contribution >= 4 is 11.7 Å². The molecule has 32 heavy (non-hydrogen) atoms. The predicted octanol–water partition coefficient (Wildman–Crippen LogP) is 5.10. The molecule has 0 saturated heterocycles. The topological polar surface area (TPSA) is 49.3 Å². The van der Waals surface area contributed by atoms with Crippen LogP contribution in [0.4, 0.5) is 5.82 Å². The molecule has 1 aromatic heterocycles. The molecule has 0 spiro atoms. The number of anilines is 1. The molecule has 2 heterocycles. The van der Waals surface area contributed by atoms with E-state index >= 15 is 0 Å². The Morgan fingerprint density at radius 3 is 2.34 bits per heavy atom. The van der Waals surface area contributed by atoms with Gasteiger partial charge < -0.3 is 9.80 Å². The molecule has 0 fully saturated rings. The maximum absolute atomic E-state index is 13.3. The van der Waals surface area contributed by atoms with Crippen LogP contribution in [0.1, 0.15) is 54.9 Å². The van der Waals surface area contributed by atoms with Gasteiger partial charge in [-0.3, -0.25) is 4.79 Å². The van der Waals surface area contributed by atoms with Crippen molar-refractivity contribution in [2.24, 2.45) is 0 Å². The average Bonchev–Trinajstić information content (AvgIpc) is 2.82. The van der Waals surface area contributed by atoms with Crippen LogP contribution in [0.5, 0.6) is 0 Å². The van der Waals surface area contributed by atoms with Crippen LogP contribution in [0, 0.1) is 0 Å². The molecular weight excluding hydrogens is 396 g/mol. The summed E-state index contributed by atoms with van der Waals surface area (Å²) in [6, 6.07) is 18.1. The fraction of sp³-hybridized carbons (Fsp3) is 0.370. The average molecular weight is 429 g/mol. The van der Waals surface area contributed by atoms with E-state index in [1.54, 1.807) is 0 Å². The normalized spacial score (nSPS) is 13.6. The van der Waals surface area contributed by atoms with Gasteiger partial charge in [-0.25, -0.2) is 9.97 Å². The fourth-order valence-corrected chi connectivity index (χ4v) is 4.05. The van der Waals surface area contributed by atoms with E-state index < -0.39 is 0 Å². The molecule has 1 aliphatic heterocycles. The number of rotatable bonds is 4. The SMILES string of the molecule is CCN(C)c1nc(-c2ccccc2)nc2c1CN(C(=O)c1ccc(C(C)(C)C)cc1)CC2. The second kappa shape index (κ2) is 8.73. The van der Waals surface area contributed by atoms with E-state index in [2.05, 4.69) is 44.7 Å². The van der Waals surface area contributed by atoms with Gasteiger partial charge in [0.1, 0.15) is 5.82 Å². The number of carbonyl (C=O) groups is 1. The maximum Gasteiger partial charge on any atom is 0.254 e. The molecule has 3 aromatic rings. The van der Waals surface area contributed by atoms with Crippen LogP contribution in [-0.4, -0.2) is 40.9 Å². The first kappa shape index (κ1) is 22.0. The molecule has 0 saturated carbocycles. The molecule has 5 nitrogen and oxygen atoms in total. The Morgan fingerprint density at radius 2 is 1.72 bits per heavy atom. The lowest BCUT2D eigenvalue weighted by Crippen LogP contribution is -2.38. The Kier molecular flexibility index (Phi) is 6.00. The maximum atomic E-state index is 13.3. The number of aromatic nitrogens is 2. The Hall–Kier alpha value is -3.21. The number of carbonyl (C=O) groups excluding carboxylic acids is 1. The van der Waals surface area contributed by atoms with Crippen molar-refractivity contribution in [3.8, 4) is 11.4 Å². The molecule has 0 aliphatic carbocycles. The van der Waals surface area contributed by atoms with Gasteiger partial charge in [0.2, 0.25) is 0 Å². The molecule has 1 aliphatic rings. The number of hydrogen-bond donors (Lipinski definition) is 0. The smallest absolute Gasteiger partial charge is 0.254 e. The molecule has 5 heteroatoms. The van der Waals surface area contributed by atoms with E-state index in [9.17, 15) is 4.79 Å². The van der Waals surface area contributed by atoms with Gasteiger partial charge in [0.05, 0.1) is 12.2 Å². The van der Waals surface area contributed by atoms with Crippen molar-refractivity contribution in [2.75, 3.05) is 25.0 Å². The zero-order chi connectivity index (χ0) is 22.9. The number of benzene rings is 2. The molecule has 0 atom stereocenters. The minimum Gasteiger partial charge on any atom is -0.360 e. The largest absolute Gasteiger partial charge is 0.360 e. The first-order valence-corrected chi connectivity index (χ1v) is 11.3.